The van der Waals surface area contributed by atoms with Gasteiger partial charge < -0.3 is 5.11 Å². The number of aryl methyl sites for hydroxylation is 1. The van der Waals surface area contributed by atoms with Crippen molar-refractivity contribution in [3.63, 3.8) is 0 Å². The van der Waals surface area contributed by atoms with E-state index >= 15 is 0 Å². The topological polar surface area (TPSA) is 37.3 Å². The third-order valence-corrected chi connectivity index (χ3v) is 3.01. The second-order valence-electron chi connectivity index (χ2n) is 4.05. The lowest BCUT2D eigenvalue weighted by Gasteiger charge is -2.14. The SMILES string of the molecule is Cc1ccc(F)cc1C1(C(=O)O)CC1(F)F. The molecule has 0 bridgehead atoms. The molecule has 16 heavy (non-hydrogen) atoms. The van der Waals surface area contributed by atoms with Crippen LogP contribution in [0.1, 0.15) is 17.5 Å². The third-order valence-electron chi connectivity index (χ3n) is 3.01. The molecule has 0 heterocycles. The molecule has 1 atom stereocenters. The molecule has 1 N–H and O–H groups in total. The van der Waals surface area contributed by atoms with Crippen LogP contribution in [0, 0.1) is 12.7 Å². The zero-order valence-corrected chi connectivity index (χ0v) is 8.43. The Hall–Kier alpha value is -1.52. The molecule has 0 amide bonds. The van der Waals surface area contributed by atoms with Gasteiger partial charge in [0.25, 0.3) is 5.92 Å². The Bertz CT molecular complexity index is 470. The number of carboxylic acid groups (broad SMARTS) is 1. The monoisotopic (exact) mass is 230 g/mol. The molecule has 0 saturated heterocycles. The first kappa shape index (κ1) is 11.0. The van der Waals surface area contributed by atoms with Crippen LogP contribution in [0.2, 0.25) is 0 Å². The fourth-order valence-electron chi connectivity index (χ4n) is 1.98. The van der Waals surface area contributed by atoms with Gasteiger partial charge in [-0.2, -0.15) is 0 Å². The van der Waals surface area contributed by atoms with Crippen LogP contribution < -0.4 is 0 Å². The van der Waals surface area contributed by atoms with Gasteiger partial charge in [0.2, 0.25) is 0 Å². The average Bonchev–Trinajstić information content (AvgIpc) is 2.75. The van der Waals surface area contributed by atoms with Crippen molar-refractivity contribution in [1.82, 2.24) is 0 Å². The number of halogens is 3. The predicted molar refractivity (Wildman–Crippen MR) is 50.0 cm³/mol. The zero-order valence-electron chi connectivity index (χ0n) is 8.43. The summed E-state index contributed by atoms with van der Waals surface area (Å²) in [5, 5.41) is 8.91. The van der Waals surface area contributed by atoms with Crippen LogP contribution in [0.3, 0.4) is 0 Å². The molecule has 0 aromatic heterocycles. The summed E-state index contributed by atoms with van der Waals surface area (Å²) in [6.07, 6.45) is -0.764. The molecule has 1 aliphatic rings. The van der Waals surface area contributed by atoms with E-state index in [-0.39, 0.29) is 5.56 Å². The number of aliphatic carboxylic acids is 1. The number of rotatable bonds is 2. The van der Waals surface area contributed by atoms with E-state index in [1.165, 1.54) is 13.0 Å². The Morgan fingerprint density at radius 1 is 1.44 bits per heavy atom. The summed E-state index contributed by atoms with van der Waals surface area (Å²) in [5.41, 5.74) is -2.01. The number of hydrogen-bond acceptors (Lipinski definition) is 1. The van der Waals surface area contributed by atoms with E-state index in [0.717, 1.165) is 12.1 Å². The molecular formula is C11H9F3O2. The van der Waals surface area contributed by atoms with Gasteiger partial charge in [0, 0.05) is 6.42 Å². The van der Waals surface area contributed by atoms with Gasteiger partial charge in [0.15, 0.2) is 5.41 Å². The first-order chi connectivity index (χ1) is 7.31. The number of alkyl halides is 2. The largest absolute Gasteiger partial charge is 0.480 e. The van der Waals surface area contributed by atoms with Crippen LogP contribution in [0.4, 0.5) is 13.2 Å². The van der Waals surface area contributed by atoms with Gasteiger partial charge in [-0.15, -0.1) is 0 Å². The van der Waals surface area contributed by atoms with Crippen molar-refractivity contribution in [2.24, 2.45) is 0 Å². The van der Waals surface area contributed by atoms with Gasteiger partial charge in [0.05, 0.1) is 0 Å². The summed E-state index contributed by atoms with van der Waals surface area (Å²) in [7, 11) is 0. The fourth-order valence-corrected chi connectivity index (χ4v) is 1.98. The van der Waals surface area contributed by atoms with Crippen molar-refractivity contribution >= 4 is 5.97 Å². The lowest BCUT2D eigenvalue weighted by molar-refractivity contribution is -0.143. The minimum Gasteiger partial charge on any atom is -0.480 e. The molecule has 1 aromatic rings. The highest BCUT2D eigenvalue weighted by Crippen LogP contribution is 2.62. The Morgan fingerprint density at radius 3 is 2.44 bits per heavy atom. The minimum absolute atomic E-state index is 0.134. The maximum atomic E-state index is 13.2. The molecule has 0 aliphatic heterocycles. The Balaban J connectivity index is 2.59. The lowest BCUT2D eigenvalue weighted by Crippen LogP contribution is -2.28. The second-order valence-corrected chi connectivity index (χ2v) is 4.05. The van der Waals surface area contributed by atoms with Crippen molar-refractivity contribution in [1.29, 1.82) is 0 Å². The van der Waals surface area contributed by atoms with Gasteiger partial charge in [-0.3, -0.25) is 4.79 Å². The van der Waals surface area contributed by atoms with Crippen LogP contribution in [0.15, 0.2) is 18.2 Å². The number of carboxylic acids is 1. The van der Waals surface area contributed by atoms with Gasteiger partial charge in [0.1, 0.15) is 5.82 Å². The summed E-state index contributed by atoms with van der Waals surface area (Å²) in [5.74, 6) is -5.60. The average molecular weight is 230 g/mol. The molecule has 1 aromatic carbocycles. The van der Waals surface area contributed by atoms with Crippen molar-refractivity contribution in [2.45, 2.75) is 24.7 Å². The third kappa shape index (κ3) is 1.24. The van der Waals surface area contributed by atoms with Crippen LogP contribution in [-0.2, 0) is 10.2 Å². The summed E-state index contributed by atoms with van der Waals surface area (Å²) in [4.78, 5) is 11.0. The molecular weight excluding hydrogens is 221 g/mol. The van der Waals surface area contributed by atoms with Crippen molar-refractivity contribution in [3.05, 3.63) is 35.1 Å². The highest BCUT2D eigenvalue weighted by atomic mass is 19.3. The summed E-state index contributed by atoms with van der Waals surface area (Å²) >= 11 is 0. The summed E-state index contributed by atoms with van der Waals surface area (Å²) < 4.78 is 39.4. The molecule has 0 radical (unpaired) electrons. The normalized spacial score (nSPS) is 26.5. The minimum atomic E-state index is -3.29. The Labute approximate surface area is 89.7 Å². The Morgan fingerprint density at radius 2 is 2.00 bits per heavy atom. The molecule has 1 aliphatic carbocycles. The fraction of sp³-hybridized carbons (Fsp3) is 0.364. The van der Waals surface area contributed by atoms with E-state index in [1.807, 2.05) is 0 Å². The molecule has 1 unspecified atom stereocenters. The Kier molecular flexibility index (Phi) is 2.05. The van der Waals surface area contributed by atoms with E-state index in [0.29, 0.717) is 5.56 Å². The summed E-state index contributed by atoms with van der Waals surface area (Å²) in [6, 6.07) is 3.31. The smallest absolute Gasteiger partial charge is 0.320 e. The second kappa shape index (κ2) is 2.99. The first-order valence-corrected chi connectivity index (χ1v) is 4.69. The van der Waals surface area contributed by atoms with Gasteiger partial charge in [-0.05, 0) is 30.2 Å². The van der Waals surface area contributed by atoms with E-state index < -0.39 is 29.5 Å². The van der Waals surface area contributed by atoms with Gasteiger partial charge >= 0.3 is 5.97 Å². The van der Waals surface area contributed by atoms with Gasteiger partial charge in [-0.1, -0.05) is 6.07 Å². The first-order valence-electron chi connectivity index (χ1n) is 4.69. The highest BCUT2D eigenvalue weighted by molar-refractivity contribution is 5.88. The molecule has 2 nitrogen and oxygen atoms in total. The molecule has 2 rings (SSSR count). The summed E-state index contributed by atoms with van der Waals surface area (Å²) in [6.45, 7) is 1.49. The number of benzene rings is 1. The van der Waals surface area contributed by atoms with Crippen LogP contribution in [0.5, 0.6) is 0 Å². The van der Waals surface area contributed by atoms with E-state index in [1.54, 1.807) is 0 Å². The maximum absolute atomic E-state index is 13.2. The zero-order chi connectivity index (χ0) is 12.1. The predicted octanol–water partition coefficient (Wildman–Crippen LogP) is 2.50. The molecule has 0 spiro atoms. The van der Waals surface area contributed by atoms with E-state index in [4.69, 9.17) is 5.11 Å². The van der Waals surface area contributed by atoms with Crippen molar-refractivity contribution in [3.8, 4) is 0 Å². The van der Waals surface area contributed by atoms with E-state index in [9.17, 15) is 18.0 Å². The molecule has 1 saturated carbocycles. The van der Waals surface area contributed by atoms with Gasteiger partial charge in [-0.25, -0.2) is 13.2 Å². The van der Waals surface area contributed by atoms with Crippen LogP contribution >= 0.6 is 0 Å². The highest BCUT2D eigenvalue weighted by Gasteiger charge is 2.77. The standard InChI is InChI=1S/C11H9F3O2/c1-6-2-3-7(12)4-8(6)10(9(15)16)5-11(10,13)14/h2-4H,5H2,1H3,(H,15,16). The van der Waals surface area contributed by atoms with Crippen LogP contribution in [0.25, 0.3) is 0 Å². The molecule has 86 valence electrons. The molecule has 1 fully saturated rings. The van der Waals surface area contributed by atoms with Crippen LogP contribution in [-0.4, -0.2) is 17.0 Å². The molecule has 5 heteroatoms. The van der Waals surface area contributed by atoms with E-state index in [2.05, 4.69) is 0 Å². The maximum Gasteiger partial charge on any atom is 0.320 e. The van der Waals surface area contributed by atoms with Crippen molar-refractivity contribution in [2.75, 3.05) is 0 Å². The van der Waals surface area contributed by atoms with Crippen molar-refractivity contribution < 1.29 is 23.1 Å². The number of carbonyl (C=O) groups is 1. The lowest BCUT2D eigenvalue weighted by atomic mass is 9.91. The number of hydrogen-bond donors (Lipinski definition) is 1. The quantitative estimate of drug-likeness (QED) is 0.847.